The van der Waals surface area contributed by atoms with Crippen molar-refractivity contribution in [1.29, 1.82) is 0 Å². The van der Waals surface area contributed by atoms with E-state index in [0.29, 0.717) is 69.0 Å². The molecule has 11 rings (SSSR count). The molecular formula is C56H49Br3F11N12NaO11. The molecule has 0 saturated carbocycles. The van der Waals surface area contributed by atoms with Crippen molar-refractivity contribution in [3.05, 3.63) is 210 Å². The fraction of sp³-hybridized carbons (Fsp3) is 0.161. The summed E-state index contributed by atoms with van der Waals surface area (Å²) in [7, 11) is 4.53. The number of aryl methyl sites for hydroxylation is 2. The van der Waals surface area contributed by atoms with Gasteiger partial charge < -0.3 is 59.9 Å². The van der Waals surface area contributed by atoms with E-state index in [1.807, 2.05) is 13.0 Å². The van der Waals surface area contributed by atoms with Crippen molar-refractivity contribution in [2.24, 2.45) is 5.34 Å². The van der Waals surface area contributed by atoms with Crippen molar-refractivity contribution in [3.8, 4) is 28.7 Å². The summed E-state index contributed by atoms with van der Waals surface area (Å²) in [5.41, 5.74) is 19.3. The summed E-state index contributed by atoms with van der Waals surface area (Å²) in [6.45, 7) is 3.18. The van der Waals surface area contributed by atoms with Crippen LogP contribution >= 0.6 is 44.2 Å². The number of nitrogen functional groups attached to an aromatic ring is 3. The van der Waals surface area contributed by atoms with Gasteiger partial charge in [0.05, 0.1) is 37.7 Å². The smallest absolute Gasteiger partial charge is 0.502 e. The Bertz CT molecular complexity index is 4010. The van der Waals surface area contributed by atoms with Crippen LogP contribution in [0.15, 0.2) is 157 Å². The molecule has 7 N–H and O–H groups in total. The van der Waals surface area contributed by atoms with Crippen molar-refractivity contribution in [2.75, 3.05) is 38.5 Å². The number of rotatable bonds is 6. The third-order valence-electron chi connectivity index (χ3n) is 10.5. The summed E-state index contributed by atoms with van der Waals surface area (Å²) in [5, 5.41) is 27.8. The van der Waals surface area contributed by atoms with Gasteiger partial charge in [0.1, 0.15) is 57.3 Å². The SMILES string of the molecule is BrBr.C.COC(OC)OC.Cc1cnc(F)c(-c2nc3cc(F)ccc3o2)c1.Cc1cnc(N)c(-c2nc3cc(F)ccc3o2)c1.Fc1ccc2ocnc2c1.Nc1ccc(C(F)(F)F)cn1.Nc1ncc(C(F)(F)F)cc1Br.O=N[O-].O=[N+]([O-])c1cc(F)ccc1O.[Na+]. The molecule has 94 heavy (non-hydrogen) atoms. The Morgan fingerprint density at radius 1 is 0.596 bits per heavy atom. The van der Waals surface area contributed by atoms with Crippen molar-refractivity contribution in [2.45, 2.75) is 40.1 Å². The first-order valence-corrected chi connectivity index (χ1v) is 29.0. The minimum Gasteiger partial charge on any atom is -0.502 e. The van der Waals surface area contributed by atoms with E-state index in [1.54, 1.807) is 31.3 Å². The number of pyridine rings is 4. The summed E-state index contributed by atoms with van der Waals surface area (Å²) in [4.78, 5) is 43.6. The number of alkyl halides is 6. The maximum Gasteiger partial charge on any atom is 1.00 e. The van der Waals surface area contributed by atoms with Crippen molar-refractivity contribution >= 4 is 101 Å². The number of oxazole rings is 3. The van der Waals surface area contributed by atoms with Crippen LogP contribution < -0.4 is 46.8 Å². The van der Waals surface area contributed by atoms with Gasteiger partial charge in [-0.2, -0.15) is 30.7 Å². The normalized spacial score (nSPS) is 10.3. The first-order valence-electron chi connectivity index (χ1n) is 24.4. The Hall–Kier alpha value is -8.56. The molecule has 23 nitrogen and oxygen atoms in total. The summed E-state index contributed by atoms with van der Waals surface area (Å²) in [6.07, 6.45) is -2.92. The topological polar surface area (TPSA) is 351 Å². The van der Waals surface area contributed by atoms with Gasteiger partial charge in [-0.1, -0.05) is 7.43 Å². The molecule has 4 aromatic carbocycles. The number of nitrogens with two attached hydrogens (primary N) is 3. The molecule has 0 radical (unpaired) electrons. The number of nitrogens with zero attached hydrogens (tertiary/aromatic N) is 9. The fourth-order valence-electron chi connectivity index (χ4n) is 6.42. The number of halogens is 14. The number of ether oxygens (including phenoxy) is 3. The Kier molecular flexibility index (Phi) is 36.0. The van der Waals surface area contributed by atoms with Gasteiger partial charge in [0.15, 0.2) is 28.9 Å². The summed E-state index contributed by atoms with van der Waals surface area (Å²) >= 11 is 8.35. The average Bonchev–Trinajstić information content (AvgIpc) is 1.69. The first-order chi connectivity index (χ1) is 43.4. The van der Waals surface area contributed by atoms with E-state index >= 15 is 0 Å². The molecule has 0 unspecified atom stereocenters. The van der Waals surface area contributed by atoms with Crippen molar-refractivity contribution in [3.63, 3.8) is 0 Å². The molecule has 0 fully saturated rings. The second-order valence-electron chi connectivity index (χ2n) is 17.0. The molecular weight excluding hydrogens is 1490 g/mol. The van der Waals surface area contributed by atoms with E-state index in [-0.39, 0.29) is 76.2 Å². The number of fused-ring (bicyclic) bond motifs is 3. The van der Waals surface area contributed by atoms with Gasteiger partial charge in [-0.05, 0) is 120 Å². The molecule has 11 aromatic rings. The number of benzene rings is 4. The minimum absolute atomic E-state index is 0. The second-order valence-corrected chi connectivity index (χ2v) is 17.9. The maximum atomic E-state index is 13.6. The molecule has 0 aliphatic rings. The molecule has 7 heterocycles. The molecule has 0 amide bonds. The van der Waals surface area contributed by atoms with E-state index in [1.165, 1.54) is 76.4 Å². The van der Waals surface area contributed by atoms with Crippen LogP contribution in [0, 0.1) is 63.3 Å². The van der Waals surface area contributed by atoms with E-state index in [0.717, 1.165) is 46.8 Å². The van der Waals surface area contributed by atoms with Crippen LogP contribution in [0.5, 0.6) is 5.75 Å². The second kappa shape index (κ2) is 40.5. The predicted octanol–water partition coefficient (Wildman–Crippen LogP) is 13.7. The Morgan fingerprint density at radius 2 is 1.03 bits per heavy atom. The number of methoxy groups -OCH3 is 3. The Labute approximate surface area is 570 Å². The number of aromatic hydroxyl groups is 1. The number of anilines is 3. The number of nitro benzene ring substituents is 1. The Morgan fingerprint density at radius 3 is 1.48 bits per heavy atom. The average molecular weight is 1540 g/mol. The molecule has 0 bridgehead atoms. The first kappa shape index (κ1) is 83.5. The summed E-state index contributed by atoms with van der Waals surface area (Å²) in [6, 6.07) is 21.3. The molecule has 0 atom stereocenters. The van der Waals surface area contributed by atoms with Gasteiger partial charge in [0, 0.05) is 92.6 Å². The largest absolute Gasteiger partial charge is 1.00 e. The zero-order valence-corrected chi connectivity index (χ0v) is 55.1. The molecule has 0 spiro atoms. The molecule has 0 saturated heterocycles. The predicted molar refractivity (Wildman–Crippen MR) is 330 cm³/mol. The van der Waals surface area contributed by atoms with Crippen LogP contribution in [0.2, 0.25) is 0 Å². The maximum absolute atomic E-state index is 13.6. The molecule has 7 aromatic heterocycles. The number of phenols is 1. The third-order valence-corrected chi connectivity index (χ3v) is 11.1. The van der Waals surface area contributed by atoms with Crippen LogP contribution in [-0.4, -0.2) is 72.7 Å². The molecule has 0 aliphatic heterocycles. The number of phenolic OH excluding ortho intramolecular Hbond substituents is 1. The van der Waals surface area contributed by atoms with Gasteiger partial charge in [-0.3, -0.25) is 10.1 Å². The number of hydrogen-bond acceptors (Lipinski definition) is 22. The monoisotopic (exact) mass is 1530 g/mol. The Balaban J connectivity index is 0.000000550. The van der Waals surface area contributed by atoms with Crippen LogP contribution in [0.25, 0.3) is 56.2 Å². The van der Waals surface area contributed by atoms with E-state index in [4.69, 9.17) is 45.7 Å². The zero-order chi connectivity index (χ0) is 69.0. The van der Waals surface area contributed by atoms with Gasteiger partial charge in [0.2, 0.25) is 17.7 Å². The molecule has 38 heteroatoms. The van der Waals surface area contributed by atoms with Gasteiger partial charge in [-0.15, -0.1) is 5.34 Å². The van der Waals surface area contributed by atoms with Gasteiger partial charge in [0.25, 0.3) is 6.48 Å². The molecule has 0 aliphatic carbocycles. The van der Waals surface area contributed by atoms with E-state index in [2.05, 4.69) is 93.3 Å². The van der Waals surface area contributed by atoms with Crippen LogP contribution in [0.3, 0.4) is 0 Å². The minimum atomic E-state index is -4.37. The van der Waals surface area contributed by atoms with Crippen LogP contribution in [-0.2, 0) is 26.6 Å². The summed E-state index contributed by atoms with van der Waals surface area (Å²) in [5.74, 6) is -2.06. The van der Waals surface area contributed by atoms with Crippen molar-refractivity contribution in [1.82, 2.24) is 34.9 Å². The van der Waals surface area contributed by atoms with Crippen LogP contribution in [0.4, 0.5) is 71.4 Å². The quantitative estimate of drug-likeness (QED) is 0.0228. The molecule has 498 valence electrons. The van der Waals surface area contributed by atoms with Gasteiger partial charge in [-0.25, -0.2) is 52.4 Å². The van der Waals surface area contributed by atoms with Gasteiger partial charge >= 0.3 is 47.6 Å². The standard InChI is InChI=1S/C13H8F2N2O.C13H10FN3O.C7H4FNO.C6H4BrF3N2.C6H5F3N2.C6H4FNO3.C4H10O3.CH4.Br2.HNO2.Na/c2*1-7-4-9(12(15)16-6-7)13-17-10-5-8(14)2-3-11(10)18-13;8-5-1-2-7-6(3-5)9-4-10-7;7-4-1-3(6(8,9)10)2-12-5(4)11;7-6(8,9)4-1-2-5(10)11-3-4;7-4-1-2-6(9)5(3-4)8(10)11;1-5-4(6-2)7-3;;1-2;2-1-3;/h2-6H,1H3;2-6H,1H3,(H2,15,16);1-4H;1-2H,(H2,11,12);1-3H,(H2,10,11);1-3,9H;4H,1-3H3;1H4;;(H,2,3);/q;;;;;;;;;;+1/p-1. The summed E-state index contributed by atoms with van der Waals surface area (Å²) < 4.78 is 166. The van der Waals surface area contributed by atoms with Crippen LogP contribution in [0.1, 0.15) is 29.7 Å². The number of nitro groups is 1. The zero-order valence-electron chi connectivity index (χ0n) is 48.4. The number of hydrogen-bond donors (Lipinski definition) is 4. The van der Waals surface area contributed by atoms with E-state index < -0.39 is 63.9 Å². The van der Waals surface area contributed by atoms with E-state index in [9.17, 15) is 58.4 Å². The third kappa shape index (κ3) is 27.2. The fourth-order valence-corrected chi connectivity index (χ4v) is 6.77. The van der Waals surface area contributed by atoms with Crippen molar-refractivity contribution < 1.29 is 115 Å². The number of aromatic nitrogens is 7.